The van der Waals surface area contributed by atoms with E-state index in [0.717, 1.165) is 6.54 Å². The Morgan fingerprint density at radius 3 is 2.71 bits per heavy atom. The van der Waals surface area contributed by atoms with Crippen molar-refractivity contribution in [2.75, 3.05) is 46.5 Å². The van der Waals surface area contributed by atoms with Crippen molar-refractivity contribution in [1.29, 1.82) is 0 Å². The number of hydrogen-bond donors (Lipinski definition) is 2. The van der Waals surface area contributed by atoms with E-state index < -0.39 is 10.2 Å². The molecule has 0 radical (unpaired) electrons. The summed E-state index contributed by atoms with van der Waals surface area (Å²) < 4.78 is 38.4. The van der Waals surface area contributed by atoms with Gasteiger partial charge in [0.2, 0.25) is 0 Å². The number of nitrogens with zero attached hydrogens (tertiary/aromatic N) is 1. The van der Waals surface area contributed by atoms with Crippen molar-refractivity contribution < 1.29 is 22.7 Å². The fourth-order valence-electron chi connectivity index (χ4n) is 2.55. The number of esters is 1. The Kier molecular flexibility index (Phi) is 5.94. The van der Waals surface area contributed by atoms with E-state index in [2.05, 4.69) is 10.0 Å². The lowest BCUT2D eigenvalue weighted by atomic mass is 9.99. The molecule has 0 spiro atoms. The minimum absolute atomic E-state index is 0.00105. The second-order valence-electron chi connectivity index (χ2n) is 5.28. The Morgan fingerprint density at radius 1 is 1.43 bits per heavy atom. The van der Waals surface area contributed by atoms with Gasteiger partial charge in [-0.1, -0.05) is 0 Å². The second kappa shape index (κ2) is 7.50. The van der Waals surface area contributed by atoms with Gasteiger partial charge < -0.3 is 14.8 Å². The molecule has 9 heteroatoms. The van der Waals surface area contributed by atoms with Gasteiger partial charge in [-0.15, -0.1) is 0 Å². The predicted octanol–water partition coefficient (Wildman–Crippen LogP) is -1.31. The molecule has 0 aromatic carbocycles. The summed E-state index contributed by atoms with van der Waals surface area (Å²) in [5.41, 5.74) is 0. The van der Waals surface area contributed by atoms with E-state index in [1.165, 1.54) is 11.4 Å². The molecule has 0 saturated carbocycles. The molecule has 0 aromatic rings. The van der Waals surface area contributed by atoms with E-state index in [1.807, 2.05) is 0 Å². The molecule has 2 aliphatic rings. The molecule has 0 aromatic heterocycles. The Morgan fingerprint density at radius 2 is 2.14 bits per heavy atom. The number of rotatable bonds is 5. The first-order chi connectivity index (χ1) is 10.0. The topological polar surface area (TPSA) is 97.0 Å². The first kappa shape index (κ1) is 16.6. The molecule has 2 fully saturated rings. The molecule has 2 aliphatic heterocycles. The molecule has 122 valence electrons. The maximum absolute atomic E-state index is 12.2. The molecular formula is C12H23N3O5S. The summed E-state index contributed by atoms with van der Waals surface area (Å²) in [6.45, 7) is 2.88. The van der Waals surface area contributed by atoms with Crippen LogP contribution in [0.1, 0.15) is 12.8 Å². The van der Waals surface area contributed by atoms with Crippen molar-refractivity contribution in [3.05, 3.63) is 0 Å². The van der Waals surface area contributed by atoms with E-state index in [4.69, 9.17) is 9.47 Å². The van der Waals surface area contributed by atoms with Crippen LogP contribution in [0.25, 0.3) is 0 Å². The van der Waals surface area contributed by atoms with Gasteiger partial charge in [0.25, 0.3) is 10.2 Å². The standard InChI is InChI=1S/C12H23N3O5S/c1-19-12(16)10-2-5-15(6-3-10)21(17,18)14-8-11-9-20-7-4-13-11/h10-11,13-14H,2-9H2,1H3. The third-order valence-corrected chi connectivity index (χ3v) is 5.42. The third-order valence-electron chi connectivity index (χ3n) is 3.84. The van der Waals surface area contributed by atoms with Crippen molar-refractivity contribution in [3.8, 4) is 0 Å². The van der Waals surface area contributed by atoms with Crippen LogP contribution in [0.4, 0.5) is 0 Å². The number of carbonyl (C=O) groups excluding carboxylic acids is 1. The summed E-state index contributed by atoms with van der Waals surface area (Å²) >= 11 is 0. The summed E-state index contributed by atoms with van der Waals surface area (Å²) in [6.07, 6.45) is 0.997. The van der Waals surface area contributed by atoms with Gasteiger partial charge in [0.15, 0.2) is 0 Å². The van der Waals surface area contributed by atoms with E-state index in [-0.39, 0.29) is 17.9 Å². The van der Waals surface area contributed by atoms with Crippen LogP contribution in [0.2, 0.25) is 0 Å². The third kappa shape index (κ3) is 4.62. The fourth-order valence-corrected chi connectivity index (χ4v) is 3.83. The van der Waals surface area contributed by atoms with Gasteiger partial charge in [0.05, 0.1) is 26.2 Å². The van der Waals surface area contributed by atoms with E-state index in [9.17, 15) is 13.2 Å². The van der Waals surface area contributed by atoms with Gasteiger partial charge in [0, 0.05) is 32.2 Å². The molecule has 2 N–H and O–H groups in total. The molecule has 2 heterocycles. The van der Waals surface area contributed by atoms with Crippen LogP contribution in [0, 0.1) is 5.92 Å². The summed E-state index contributed by atoms with van der Waals surface area (Å²) in [5, 5.41) is 3.19. The van der Waals surface area contributed by atoms with Crippen LogP contribution < -0.4 is 10.0 Å². The Labute approximate surface area is 125 Å². The number of morpholine rings is 1. The minimum Gasteiger partial charge on any atom is -0.469 e. The quantitative estimate of drug-likeness (QED) is 0.611. The highest BCUT2D eigenvalue weighted by Crippen LogP contribution is 2.20. The van der Waals surface area contributed by atoms with Crippen molar-refractivity contribution in [2.45, 2.75) is 18.9 Å². The number of ether oxygens (including phenoxy) is 2. The van der Waals surface area contributed by atoms with Crippen LogP contribution in [0.3, 0.4) is 0 Å². The van der Waals surface area contributed by atoms with Crippen LogP contribution in [0.15, 0.2) is 0 Å². The van der Waals surface area contributed by atoms with E-state index >= 15 is 0 Å². The zero-order valence-electron chi connectivity index (χ0n) is 12.2. The van der Waals surface area contributed by atoms with Gasteiger partial charge in [0.1, 0.15) is 0 Å². The highest BCUT2D eigenvalue weighted by atomic mass is 32.2. The Balaban J connectivity index is 1.79. The van der Waals surface area contributed by atoms with Crippen LogP contribution >= 0.6 is 0 Å². The normalized spacial score (nSPS) is 25.7. The lowest BCUT2D eigenvalue weighted by Gasteiger charge is -2.31. The lowest BCUT2D eigenvalue weighted by Crippen LogP contribution is -2.52. The molecular weight excluding hydrogens is 298 g/mol. The van der Waals surface area contributed by atoms with Gasteiger partial charge in [-0.2, -0.15) is 12.7 Å². The highest BCUT2D eigenvalue weighted by molar-refractivity contribution is 7.87. The first-order valence-corrected chi connectivity index (χ1v) is 8.60. The SMILES string of the molecule is COC(=O)C1CCN(S(=O)(=O)NCC2COCCN2)CC1. The van der Waals surface area contributed by atoms with E-state index in [1.54, 1.807) is 0 Å². The first-order valence-electron chi connectivity index (χ1n) is 7.16. The summed E-state index contributed by atoms with van der Waals surface area (Å²) in [5.74, 6) is -0.460. The fraction of sp³-hybridized carbons (Fsp3) is 0.917. The zero-order chi connectivity index (χ0) is 15.3. The lowest BCUT2D eigenvalue weighted by molar-refractivity contribution is -0.146. The Hall–Kier alpha value is -0.740. The monoisotopic (exact) mass is 321 g/mol. The Bertz CT molecular complexity index is 442. The maximum atomic E-state index is 12.2. The van der Waals surface area contributed by atoms with Crippen LogP contribution in [-0.4, -0.2) is 71.2 Å². The number of hydrogen-bond acceptors (Lipinski definition) is 6. The second-order valence-corrected chi connectivity index (χ2v) is 7.03. The molecule has 21 heavy (non-hydrogen) atoms. The number of nitrogens with one attached hydrogen (secondary N) is 2. The van der Waals surface area contributed by atoms with Gasteiger partial charge in [-0.25, -0.2) is 4.72 Å². The van der Waals surface area contributed by atoms with Crippen LogP contribution in [-0.2, 0) is 24.5 Å². The van der Waals surface area contributed by atoms with Crippen LogP contribution in [0.5, 0.6) is 0 Å². The number of carbonyl (C=O) groups is 1. The van der Waals surface area contributed by atoms with Gasteiger partial charge in [-0.3, -0.25) is 4.79 Å². The largest absolute Gasteiger partial charge is 0.469 e. The molecule has 2 rings (SSSR count). The molecule has 1 unspecified atom stereocenters. The molecule has 0 aliphatic carbocycles. The number of piperidine rings is 1. The van der Waals surface area contributed by atoms with E-state index in [0.29, 0.717) is 45.7 Å². The van der Waals surface area contributed by atoms with Crippen molar-refractivity contribution in [2.24, 2.45) is 5.92 Å². The highest BCUT2D eigenvalue weighted by Gasteiger charge is 2.31. The number of methoxy groups -OCH3 is 1. The molecule has 0 amide bonds. The van der Waals surface area contributed by atoms with Crippen molar-refractivity contribution in [1.82, 2.24) is 14.3 Å². The molecule has 0 bridgehead atoms. The van der Waals surface area contributed by atoms with Gasteiger partial charge >= 0.3 is 5.97 Å². The average Bonchev–Trinajstić information content (AvgIpc) is 2.53. The smallest absolute Gasteiger partial charge is 0.308 e. The predicted molar refractivity (Wildman–Crippen MR) is 75.8 cm³/mol. The molecule has 1 atom stereocenters. The summed E-state index contributed by atoms with van der Waals surface area (Å²) in [6, 6.07) is 0.00105. The van der Waals surface area contributed by atoms with Crippen molar-refractivity contribution in [3.63, 3.8) is 0 Å². The average molecular weight is 321 g/mol. The zero-order valence-corrected chi connectivity index (χ0v) is 13.0. The summed E-state index contributed by atoms with van der Waals surface area (Å²) in [7, 11) is -2.15. The maximum Gasteiger partial charge on any atom is 0.308 e. The van der Waals surface area contributed by atoms with Crippen molar-refractivity contribution >= 4 is 16.2 Å². The minimum atomic E-state index is -3.50. The molecule has 2 saturated heterocycles. The van der Waals surface area contributed by atoms with Gasteiger partial charge in [-0.05, 0) is 12.8 Å². The summed E-state index contributed by atoms with van der Waals surface area (Å²) in [4.78, 5) is 11.4. The molecule has 8 nitrogen and oxygen atoms in total.